The topological polar surface area (TPSA) is 21.7 Å². The summed E-state index contributed by atoms with van der Waals surface area (Å²) in [6.07, 6.45) is 0. The van der Waals surface area contributed by atoms with Gasteiger partial charge in [-0.1, -0.05) is 114 Å². The fraction of sp³-hybridized carbons (Fsp3) is 0.200. The van der Waals surface area contributed by atoms with Gasteiger partial charge in [-0.05, 0) is 92.5 Å². The lowest BCUT2D eigenvalue weighted by atomic mass is 9.34. The minimum atomic E-state index is -0.110. The van der Waals surface area contributed by atoms with Crippen LogP contribution < -0.4 is 30.8 Å². The largest absolute Gasteiger partial charge is 0.458 e. The van der Waals surface area contributed by atoms with Gasteiger partial charge < -0.3 is 14.4 Å². The average molecular weight is 638 g/mol. The van der Waals surface area contributed by atoms with Crippen molar-refractivity contribution in [3.8, 4) is 34.1 Å². The van der Waals surface area contributed by atoms with E-state index in [0.717, 1.165) is 45.5 Å². The van der Waals surface area contributed by atoms with E-state index >= 15 is 0 Å². The molecule has 4 heteroatoms. The summed E-state index contributed by atoms with van der Waals surface area (Å²) in [5, 5.41) is 0. The van der Waals surface area contributed by atoms with Crippen molar-refractivity contribution in [1.82, 2.24) is 0 Å². The molecule has 2 aliphatic heterocycles. The standard InChI is InChI=1S/C45H40BNO2/c1-27(2)29-16-20-38-40(22-29)48-42-25-33(26-43-44(42)46(38)39-21-17-30(28(3)4)23-41(39)49-43)47(31-12-8-7-9-13-31)32-18-19-35-34-14-10-11-15-36(34)45(5,6)37(35)24-32/h7-28H,1-6H3. The molecule has 0 aromatic heterocycles. The zero-order chi connectivity index (χ0) is 33.6. The van der Waals surface area contributed by atoms with E-state index in [1.165, 1.54) is 44.3 Å². The highest BCUT2D eigenvalue weighted by Crippen LogP contribution is 2.51. The second kappa shape index (κ2) is 10.9. The molecule has 240 valence electrons. The van der Waals surface area contributed by atoms with E-state index in [2.05, 4.69) is 168 Å². The van der Waals surface area contributed by atoms with Crippen LogP contribution in [0.5, 0.6) is 23.0 Å². The van der Waals surface area contributed by atoms with Crippen molar-refractivity contribution >= 4 is 40.2 Å². The van der Waals surface area contributed by atoms with Crippen molar-refractivity contribution < 1.29 is 9.47 Å². The van der Waals surface area contributed by atoms with E-state index in [-0.39, 0.29) is 12.1 Å². The van der Waals surface area contributed by atoms with E-state index in [4.69, 9.17) is 9.47 Å². The predicted octanol–water partition coefficient (Wildman–Crippen LogP) is 10.4. The van der Waals surface area contributed by atoms with Gasteiger partial charge in [0.15, 0.2) is 0 Å². The van der Waals surface area contributed by atoms with Crippen LogP contribution in [0.2, 0.25) is 0 Å². The molecule has 0 N–H and O–H groups in total. The van der Waals surface area contributed by atoms with E-state index in [1.54, 1.807) is 0 Å². The minimum absolute atomic E-state index is 0.0263. The number of hydrogen-bond donors (Lipinski definition) is 0. The van der Waals surface area contributed by atoms with Gasteiger partial charge in [0.1, 0.15) is 23.0 Å². The lowest BCUT2D eigenvalue weighted by molar-refractivity contribution is 0.463. The van der Waals surface area contributed by atoms with Gasteiger partial charge in [0.2, 0.25) is 0 Å². The zero-order valence-electron chi connectivity index (χ0n) is 29.0. The normalized spacial score (nSPS) is 14.3. The second-order valence-corrected chi connectivity index (χ2v) is 15.0. The fourth-order valence-electron chi connectivity index (χ4n) is 8.21. The summed E-state index contributed by atoms with van der Waals surface area (Å²) in [4.78, 5) is 2.35. The maximum absolute atomic E-state index is 6.90. The number of fused-ring (bicyclic) bond motifs is 7. The van der Waals surface area contributed by atoms with E-state index in [1.807, 2.05) is 0 Å². The first kappa shape index (κ1) is 29.9. The van der Waals surface area contributed by atoms with Gasteiger partial charge in [-0.25, -0.2) is 0 Å². The van der Waals surface area contributed by atoms with Crippen molar-refractivity contribution in [3.63, 3.8) is 0 Å². The number of ether oxygens (including phenoxy) is 2. The highest BCUT2D eigenvalue weighted by atomic mass is 16.5. The molecule has 0 atom stereocenters. The molecule has 2 heterocycles. The summed E-state index contributed by atoms with van der Waals surface area (Å²) >= 11 is 0. The van der Waals surface area contributed by atoms with Crippen molar-refractivity contribution in [2.75, 3.05) is 4.90 Å². The molecule has 6 aromatic carbocycles. The summed E-state index contributed by atoms with van der Waals surface area (Å²) in [7, 11) is 0. The van der Waals surface area contributed by atoms with Gasteiger partial charge in [-0.2, -0.15) is 0 Å². The van der Waals surface area contributed by atoms with Gasteiger partial charge in [0.25, 0.3) is 6.71 Å². The summed E-state index contributed by atoms with van der Waals surface area (Å²) < 4.78 is 13.8. The molecule has 0 radical (unpaired) electrons. The van der Waals surface area contributed by atoms with E-state index in [9.17, 15) is 0 Å². The number of para-hydroxylation sites is 1. The van der Waals surface area contributed by atoms with Crippen molar-refractivity contribution in [3.05, 3.63) is 144 Å². The molecule has 0 bridgehead atoms. The number of nitrogens with zero attached hydrogens (tertiary/aromatic N) is 1. The Hall–Kier alpha value is -5.22. The van der Waals surface area contributed by atoms with Crippen LogP contribution in [0.15, 0.2) is 121 Å². The smallest absolute Gasteiger partial charge is 0.260 e. The van der Waals surface area contributed by atoms with E-state index < -0.39 is 0 Å². The Kier molecular flexibility index (Phi) is 6.65. The monoisotopic (exact) mass is 637 g/mol. The summed E-state index contributed by atoms with van der Waals surface area (Å²) in [6, 6.07) is 44.4. The molecule has 0 unspecified atom stereocenters. The molecule has 0 saturated carbocycles. The second-order valence-electron chi connectivity index (χ2n) is 15.0. The molecule has 6 aromatic rings. The van der Waals surface area contributed by atoms with Gasteiger partial charge in [-0.3, -0.25) is 0 Å². The molecule has 0 amide bonds. The van der Waals surface area contributed by atoms with Gasteiger partial charge in [-0.15, -0.1) is 0 Å². The number of hydrogen-bond acceptors (Lipinski definition) is 3. The molecule has 3 aliphatic rings. The maximum Gasteiger partial charge on any atom is 0.260 e. The zero-order valence-corrected chi connectivity index (χ0v) is 29.0. The van der Waals surface area contributed by atoms with Crippen LogP contribution in [0, 0.1) is 0 Å². The summed E-state index contributed by atoms with van der Waals surface area (Å²) in [6.45, 7) is 13.6. The fourth-order valence-corrected chi connectivity index (χ4v) is 8.21. The Morgan fingerprint density at radius 2 is 1.08 bits per heavy atom. The van der Waals surface area contributed by atoms with Gasteiger partial charge in [0, 0.05) is 34.4 Å². The molecular weight excluding hydrogens is 597 g/mol. The predicted molar refractivity (Wildman–Crippen MR) is 205 cm³/mol. The Bertz CT molecular complexity index is 2200. The summed E-state index contributed by atoms with van der Waals surface area (Å²) in [5.41, 5.74) is 14.4. The highest BCUT2D eigenvalue weighted by molar-refractivity contribution is 6.98. The number of benzene rings is 6. The third-order valence-electron chi connectivity index (χ3n) is 10.9. The van der Waals surface area contributed by atoms with Crippen molar-refractivity contribution in [1.29, 1.82) is 0 Å². The molecule has 3 nitrogen and oxygen atoms in total. The summed E-state index contributed by atoms with van der Waals surface area (Å²) in [5.74, 6) is 4.35. The Labute approximate surface area is 290 Å². The maximum atomic E-state index is 6.90. The van der Waals surface area contributed by atoms with Crippen LogP contribution in [0.25, 0.3) is 11.1 Å². The van der Waals surface area contributed by atoms with Gasteiger partial charge in [0.05, 0.1) is 5.69 Å². The Balaban J connectivity index is 1.25. The van der Waals surface area contributed by atoms with E-state index in [0.29, 0.717) is 11.8 Å². The van der Waals surface area contributed by atoms with Crippen molar-refractivity contribution in [2.24, 2.45) is 0 Å². The average Bonchev–Trinajstić information content (AvgIpc) is 3.33. The SMILES string of the molecule is CC(C)c1ccc2c(c1)Oc1cc(N(c3ccccc3)c3ccc4c(c3)C(C)(C)c3ccccc3-4)cc3c1B2c1ccc(C(C)C)cc1O3. The van der Waals surface area contributed by atoms with Gasteiger partial charge >= 0.3 is 0 Å². The third kappa shape index (κ3) is 4.57. The lowest BCUT2D eigenvalue weighted by Gasteiger charge is -2.35. The third-order valence-corrected chi connectivity index (χ3v) is 10.9. The Morgan fingerprint density at radius 1 is 0.510 bits per heavy atom. The highest BCUT2D eigenvalue weighted by Gasteiger charge is 2.41. The molecule has 0 spiro atoms. The molecule has 49 heavy (non-hydrogen) atoms. The molecule has 9 rings (SSSR count). The lowest BCUT2D eigenvalue weighted by Crippen LogP contribution is -2.57. The van der Waals surface area contributed by atoms with Crippen molar-refractivity contribution in [2.45, 2.75) is 58.8 Å². The van der Waals surface area contributed by atoms with Crippen LogP contribution >= 0.6 is 0 Å². The van der Waals surface area contributed by atoms with Crippen LogP contribution in [0.1, 0.15) is 75.6 Å². The van der Waals surface area contributed by atoms with Crippen LogP contribution in [-0.4, -0.2) is 6.71 Å². The first-order valence-electron chi connectivity index (χ1n) is 17.6. The first-order valence-corrected chi connectivity index (χ1v) is 17.6. The van der Waals surface area contributed by atoms with Crippen LogP contribution in [0.3, 0.4) is 0 Å². The molecule has 1 aliphatic carbocycles. The van der Waals surface area contributed by atoms with Crippen LogP contribution in [0.4, 0.5) is 17.1 Å². The van der Waals surface area contributed by atoms with Crippen LogP contribution in [-0.2, 0) is 5.41 Å². The first-order chi connectivity index (χ1) is 23.7. The Morgan fingerprint density at radius 3 is 1.69 bits per heavy atom. The minimum Gasteiger partial charge on any atom is -0.458 e. The quantitative estimate of drug-likeness (QED) is 0.175. The molecule has 0 saturated heterocycles. The number of rotatable bonds is 5. The molecule has 0 fully saturated rings. The molecular formula is C45H40BNO2. The number of anilines is 3.